The lowest BCUT2D eigenvalue weighted by atomic mass is 10.1. The number of nitrogens with zero attached hydrogens (tertiary/aromatic N) is 3. The number of carbonyl (C=O) groups is 3. The van der Waals surface area contributed by atoms with Crippen molar-refractivity contribution >= 4 is 17.8 Å². The molecule has 0 aromatic heterocycles. The summed E-state index contributed by atoms with van der Waals surface area (Å²) in [5, 5.41) is 0. The molecule has 1 aliphatic carbocycles. The van der Waals surface area contributed by atoms with Gasteiger partial charge in [-0.3, -0.25) is 19.4 Å². The summed E-state index contributed by atoms with van der Waals surface area (Å²) in [7, 11) is 3.15. The highest BCUT2D eigenvalue weighted by molar-refractivity contribution is 6.01. The van der Waals surface area contributed by atoms with Gasteiger partial charge in [0.15, 0.2) is 11.6 Å². The standard InChI is InChI=1S/C22H30FN3O5/c1-15(17-8-9-18(23)19(11-17)31-13-16-6-7-16)24(2)20(27)5-4-10-30-14-26-12-21(28)25(3)22(26)29/h8-9,11,15-16H,4-7,10,12-14H2,1-3H3/t15-/m1/s1. The molecule has 1 aliphatic heterocycles. The molecule has 9 heteroatoms. The van der Waals surface area contributed by atoms with Crippen molar-refractivity contribution in [3.8, 4) is 5.75 Å². The third kappa shape index (κ3) is 5.94. The van der Waals surface area contributed by atoms with Gasteiger partial charge in [0.25, 0.3) is 0 Å². The summed E-state index contributed by atoms with van der Waals surface area (Å²) in [6, 6.07) is 4.10. The van der Waals surface area contributed by atoms with Gasteiger partial charge >= 0.3 is 6.03 Å². The maximum atomic E-state index is 14.0. The van der Waals surface area contributed by atoms with Crippen LogP contribution in [0.2, 0.25) is 0 Å². The lowest BCUT2D eigenvalue weighted by Crippen LogP contribution is -2.32. The second kappa shape index (κ2) is 10.1. The molecule has 0 spiro atoms. The Morgan fingerprint density at radius 2 is 2.06 bits per heavy atom. The number of halogens is 1. The molecule has 1 aromatic rings. The summed E-state index contributed by atoms with van der Waals surface area (Å²) in [6.07, 6.45) is 3.02. The van der Waals surface area contributed by atoms with E-state index in [0.717, 1.165) is 23.3 Å². The summed E-state index contributed by atoms with van der Waals surface area (Å²) in [5.74, 6) is 0.0319. The summed E-state index contributed by atoms with van der Waals surface area (Å²) in [6.45, 7) is 2.74. The molecule has 3 rings (SSSR count). The van der Waals surface area contributed by atoms with E-state index in [1.807, 2.05) is 6.92 Å². The van der Waals surface area contributed by atoms with Crippen LogP contribution >= 0.6 is 0 Å². The van der Waals surface area contributed by atoms with Gasteiger partial charge in [0, 0.05) is 27.1 Å². The Balaban J connectivity index is 1.41. The SMILES string of the molecule is C[C@H](c1ccc(F)c(OCC2CC2)c1)N(C)C(=O)CCCOCN1CC(=O)N(C)C1=O. The van der Waals surface area contributed by atoms with Gasteiger partial charge in [-0.2, -0.15) is 0 Å². The number of likely N-dealkylation sites (N-methyl/N-ethyl adjacent to an activating group) is 1. The van der Waals surface area contributed by atoms with Crippen LogP contribution in [0.5, 0.6) is 5.75 Å². The van der Waals surface area contributed by atoms with Crippen LogP contribution in [0.1, 0.15) is 44.2 Å². The number of benzene rings is 1. The molecule has 2 fully saturated rings. The molecular formula is C22H30FN3O5. The fraction of sp³-hybridized carbons (Fsp3) is 0.591. The molecule has 1 heterocycles. The number of hydrogen-bond acceptors (Lipinski definition) is 5. The molecule has 0 N–H and O–H groups in total. The molecular weight excluding hydrogens is 405 g/mol. The highest BCUT2D eigenvalue weighted by atomic mass is 19.1. The van der Waals surface area contributed by atoms with Crippen molar-refractivity contribution in [3.63, 3.8) is 0 Å². The van der Waals surface area contributed by atoms with Gasteiger partial charge in [-0.25, -0.2) is 9.18 Å². The first-order valence-corrected chi connectivity index (χ1v) is 10.6. The Morgan fingerprint density at radius 1 is 1.32 bits per heavy atom. The molecule has 1 saturated carbocycles. The number of rotatable bonds is 11. The normalized spacial score (nSPS) is 17.3. The van der Waals surface area contributed by atoms with Gasteiger partial charge in [-0.1, -0.05) is 6.07 Å². The number of imide groups is 1. The highest BCUT2D eigenvalue weighted by Crippen LogP contribution is 2.31. The predicted octanol–water partition coefficient (Wildman–Crippen LogP) is 2.78. The van der Waals surface area contributed by atoms with E-state index in [9.17, 15) is 18.8 Å². The van der Waals surface area contributed by atoms with Gasteiger partial charge < -0.3 is 14.4 Å². The summed E-state index contributed by atoms with van der Waals surface area (Å²) >= 11 is 0. The minimum absolute atomic E-state index is 0.0124. The van der Waals surface area contributed by atoms with E-state index in [1.165, 1.54) is 18.0 Å². The van der Waals surface area contributed by atoms with Crippen LogP contribution in [-0.4, -0.2) is 73.1 Å². The second-order valence-electron chi connectivity index (χ2n) is 8.20. The van der Waals surface area contributed by atoms with E-state index in [4.69, 9.17) is 9.47 Å². The van der Waals surface area contributed by atoms with Gasteiger partial charge in [0.05, 0.1) is 12.6 Å². The first kappa shape index (κ1) is 23.0. The average molecular weight is 435 g/mol. The lowest BCUT2D eigenvalue weighted by molar-refractivity contribution is -0.132. The van der Waals surface area contributed by atoms with Crippen molar-refractivity contribution in [2.75, 3.05) is 40.6 Å². The first-order chi connectivity index (χ1) is 14.8. The van der Waals surface area contributed by atoms with Crippen molar-refractivity contribution in [2.45, 2.75) is 38.6 Å². The van der Waals surface area contributed by atoms with Crippen molar-refractivity contribution in [1.82, 2.24) is 14.7 Å². The average Bonchev–Trinajstić information content (AvgIpc) is 3.55. The van der Waals surface area contributed by atoms with Crippen LogP contribution in [0, 0.1) is 11.7 Å². The third-order valence-corrected chi connectivity index (χ3v) is 5.77. The summed E-state index contributed by atoms with van der Waals surface area (Å²) in [4.78, 5) is 39.8. The number of hydrogen-bond donors (Lipinski definition) is 0. The van der Waals surface area contributed by atoms with Crippen molar-refractivity contribution in [2.24, 2.45) is 5.92 Å². The number of ether oxygens (including phenoxy) is 2. The molecule has 2 aliphatic rings. The molecule has 8 nitrogen and oxygen atoms in total. The molecule has 1 atom stereocenters. The van der Waals surface area contributed by atoms with Gasteiger partial charge in [0.2, 0.25) is 11.8 Å². The topological polar surface area (TPSA) is 79.4 Å². The van der Waals surface area contributed by atoms with E-state index in [-0.39, 0.29) is 49.3 Å². The first-order valence-electron chi connectivity index (χ1n) is 10.6. The Morgan fingerprint density at radius 3 is 2.71 bits per heavy atom. The van der Waals surface area contributed by atoms with E-state index < -0.39 is 5.82 Å². The fourth-order valence-corrected chi connectivity index (χ4v) is 3.26. The second-order valence-corrected chi connectivity index (χ2v) is 8.20. The Kier molecular flexibility index (Phi) is 7.48. The molecule has 1 saturated heterocycles. The van der Waals surface area contributed by atoms with E-state index in [1.54, 1.807) is 24.1 Å². The maximum Gasteiger partial charge on any atom is 0.328 e. The van der Waals surface area contributed by atoms with Gasteiger partial charge in [-0.15, -0.1) is 0 Å². The zero-order chi connectivity index (χ0) is 22.5. The van der Waals surface area contributed by atoms with Crippen molar-refractivity contribution in [1.29, 1.82) is 0 Å². The zero-order valence-corrected chi connectivity index (χ0v) is 18.3. The molecule has 170 valence electrons. The Hall–Kier alpha value is -2.68. The Bertz CT molecular complexity index is 829. The van der Waals surface area contributed by atoms with E-state index in [0.29, 0.717) is 25.6 Å². The molecule has 0 bridgehead atoms. The largest absolute Gasteiger partial charge is 0.490 e. The van der Waals surface area contributed by atoms with E-state index >= 15 is 0 Å². The lowest BCUT2D eigenvalue weighted by Gasteiger charge is -2.26. The van der Waals surface area contributed by atoms with Crippen LogP contribution in [0.4, 0.5) is 9.18 Å². The van der Waals surface area contributed by atoms with Crippen LogP contribution in [0.15, 0.2) is 18.2 Å². The third-order valence-electron chi connectivity index (χ3n) is 5.77. The zero-order valence-electron chi connectivity index (χ0n) is 18.3. The highest BCUT2D eigenvalue weighted by Gasteiger charge is 2.32. The monoisotopic (exact) mass is 435 g/mol. The molecule has 0 radical (unpaired) electrons. The smallest absolute Gasteiger partial charge is 0.328 e. The van der Waals surface area contributed by atoms with E-state index in [2.05, 4.69) is 0 Å². The van der Waals surface area contributed by atoms with Crippen LogP contribution in [0.25, 0.3) is 0 Å². The Labute approximate surface area is 181 Å². The quantitative estimate of drug-likeness (QED) is 0.395. The van der Waals surface area contributed by atoms with Crippen LogP contribution in [-0.2, 0) is 14.3 Å². The number of carbonyl (C=O) groups excluding carboxylic acids is 3. The fourth-order valence-electron chi connectivity index (χ4n) is 3.26. The summed E-state index contributed by atoms with van der Waals surface area (Å²) < 4.78 is 25.1. The number of urea groups is 1. The maximum absolute atomic E-state index is 14.0. The van der Waals surface area contributed by atoms with Crippen LogP contribution < -0.4 is 4.74 Å². The van der Waals surface area contributed by atoms with Crippen LogP contribution in [0.3, 0.4) is 0 Å². The molecule has 31 heavy (non-hydrogen) atoms. The summed E-state index contributed by atoms with van der Waals surface area (Å²) in [5.41, 5.74) is 0.806. The number of amides is 4. The van der Waals surface area contributed by atoms with Crippen molar-refractivity contribution in [3.05, 3.63) is 29.6 Å². The van der Waals surface area contributed by atoms with Gasteiger partial charge in [-0.05, 0) is 49.8 Å². The minimum Gasteiger partial charge on any atom is -0.490 e. The predicted molar refractivity (Wildman–Crippen MR) is 111 cm³/mol. The minimum atomic E-state index is -0.396. The van der Waals surface area contributed by atoms with Crippen molar-refractivity contribution < 1.29 is 28.2 Å². The molecule has 0 unspecified atom stereocenters. The van der Waals surface area contributed by atoms with Gasteiger partial charge in [0.1, 0.15) is 13.3 Å². The molecule has 4 amide bonds. The molecule has 1 aromatic carbocycles.